The van der Waals surface area contributed by atoms with E-state index in [9.17, 15) is 4.79 Å². The van der Waals surface area contributed by atoms with E-state index in [1.807, 2.05) is 30.3 Å². The van der Waals surface area contributed by atoms with Crippen molar-refractivity contribution < 1.29 is 14.3 Å². The van der Waals surface area contributed by atoms with Gasteiger partial charge in [0.05, 0.1) is 5.41 Å². The zero-order valence-electron chi connectivity index (χ0n) is 9.36. The monoisotopic (exact) mass is 218 g/mol. The Morgan fingerprint density at radius 3 is 2.69 bits per heavy atom. The summed E-state index contributed by atoms with van der Waals surface area (Å²) in [5, 5.41) is 10.0. The average Bonchev–Trinajstić information content (AvgIpc) is 2.58. The molecule has 0 bridgehead atoms. The Morgan fingerprint density at radius 1 is 1.38 bits per heavy atom. The van der Waals surface area contributed by atoms with Crippen molar-refractivity contribution in [2.24, 2.45) is 5.41 Å². The van der Waals surface area contributed by atoms with Gasteiger partial charge in [-0.05, 0) is 26.0 Å². The summed E-state index contributed by atoms with van der Waals surface area (Å²) in [5.41, 5.74) is 0.00660. The van der Waals surface area contributed by atoms with Gasteiger partial charge < -0.3 is 9.52 Å². The number of fused-ring (bicyclic) bond motifs is 1. The molecule has 1 aromatic heterocycles. The minimum atomic E-state index is -0.812. The lowest BCUT2D eigenvalue weighted by Crippen LogP contribution is -2.25. The fourth-order valence-corrected chi connectivity index (χ4v) is 1.64. The van der Waals surface area contributed by atoms with Crippen LogP contribution in [0.5, 0.6) is 0 Å². The number of furan rings is 1. The summed E-state index contributed by atoms with van der Waals surface area (Å²) in [6.45, 7) is 3.39. The molecule has 1 N–H and O–H groups in total. The zero-order chi connectivity index (χ0) is 11.8. The SMILES string of the molecule is CC(C)(Cc1cc2ccccc2o1)C(=O)O. The first kappa shape index (κ1) is 10.7. The van der Waals surface area contributed by atoms with E-state index in [-0.39, 0.29) is 0 Å². The standard InChI is InChI=1S/C13H14O3/c1-13(2,12(14)15)8-10-7-9-5-3-4-6-11(9)16-10/h3-7H,8H2,1-2H3,(H,14,15). The van der Waals surface area contributed by atoms with Gasteiger partial charge in [0.1, 0.15) is 11.3 Å². The van der Waals surface area contributed by atoms with Gasteiger partial charge >= 0.3 is 5.97 Å². The van der Waals surface area contributed by atoms with E-state index in [2.05, 4.69) is 0 Å². The fraction of sp³-hybridized carbons (Fsp3) is 0.308. The number of carbonyl (C=O) groups is 1. The van der Waals surface area contributed by atoms with E-state index >= 15 is 0 Å². The topological polar surface area (TPSA) is 50.4 Å². The van der Waals surface area contributed by atoms with E-state index in [0.717, 1.165) is 11.0 Å². The van der Waals surface area contributed by atoms with Crippen LogP contribution in [0.4, 0.5) is 0 Å². The largest absolute Gasteiger partial charge is 0.481 e. The summed E-state index contributed by atoms with van der Waals surface area (Å²) in [6, 6.07) is 9.57. The lowest BCUT2D eigenvalue weighted by atomic mass is 9.88. The molecule has 3 nitrogen and oxygen atoms in total. The molecular weight excluding hydrogens is 204 g/mol. The van der Waals surface area contributed by atoms with Gasteiger partial charge in [-0.25, -0.2) is 0 Å². The molecule has 84 valence electrons. The number of carboxylic acid groups (broad SMARTS) is 1. The fourth-order valence-electron chi connectivity index (χ4n) is 1.64. The van der Waals surface area contributed by atoms with Crippen LogP contribution in [-0.4, -0.2) is 11.1 Å². The van der Waals surface area contributed by atoms with Gasteiger partial charge in [-0.2, -0.15) is 0 Å². The Morgan fingerprint density at radius 2 is 2.06 bits per heavy atom. The Balaban J connectivity index is 2.32. The molecule has 0 spiro atoms. The van der Waals surface area contributed by atoms with Gasteiger partial charge in [0.2, 0.25) is 0 Å². The van der Waals surface area contributed by atoms with Crippen molar-refractivity contribution in [3.05, 3.63) is 36.1 Å². The quantitative estimate of drug-likeness (QED) is 0.861. The summed E-state index contributed by atoms with van der Waals surface area (Å²) >= 11 is 0. The van der Waals surface area contributed by atoms with E-state index in [0.29, 0.717) is 12.2 Å². The molecule has 1 aromatic carbocycles. The van der Waals surface area contributed by atoms with Crippen molar-refractivity contribution in [3.8, 4) is 0 Å². The Bertz CT molecular complexity index is 490. The van der Waals surface area contributed by atoms with Gasteiger partial charge in [-0.15, -0.1) is 0 Å². The molecule has 0 atom stereocenters. The molecular formula is C13H14O3. The van der Waals surface area contributed by atoms with Crippen LogP contribution >= 0.6 is 0 Å². The predicted octanol–water partition coefficient (Wildman–Crippen LogP) is 3.09. The van der Waals surface area contributed by atoms with E-state index in [4.69, 9.17) is 9.52 Å². The highest BCUT2D eigenvalue weighted by atomic mass is 16.4. The van der Waals surface area contributed by atoms with Crippen LogP contribution in [0.15, 0.2) is 34.7 Å². The molecule has 0 saturated carbocycles. The molecule has 1 heterocycles. The van der Waals surface area contributed by atoms with Crippen LogP contribution in [0.1, 0.15) is 19.6 Å². The predicted molar refractivity (Wildman–Crippen MR) is 61.3 cm³/mol. The minimum absolute atomic E-state index is 0.400. The third-order valence-corrected chi connectivity index (χ3v) is 2.67. The van der Waals surface area contributed by atoms with Gasteiger partial charge in [-0.3, -0.25) is 4.79 Å². The second kappa shape index (κ2) is 3.67. The number of benzene rings is 1. The van der Waals surface area contributed by atoms with Gasteiger partial charge in [0.15, 0.2) is 0 Å². The summed E-state index contributed by atoms with van der Waals surface area (Å²) < 4.78 is 5.59. The van der Waals surface area contributed by atoms with Crippen molar-refractivity contribution >= 4 is 16.9 Å². The molecule has 0 aliphatic carbocycles. The molecule has 0 fully saturated rings. The lowest BCUT2D eigenvalue weighted by molar-refractivity contribution is -0.147. The summed E-state index contributed by atoms with van der Waals surface area (Å²) in [5.74, 6) is -0.0958. The highest BCUT2D eigenvalue weighted by Gasteiger charge is 2.28. The molecule has 2 rings (SSSR count). The van der Waals surface area contributed by atoms with Crippen LogP contribution < -0.4 is 0 Å². The molecule has 3 heteroatoms. The summed E-state index contributed by atoms with van der Waals surface area (Å²) in [6.07, 6.45) is 0.400. The molecule has 0 aliphatic heterocycles. The summed E-state index contributed by atoms with van der Waals surface area (Å²) in [4.78, 5) is 11.0. The Hall–Kier alpha value is -1.77. The summed E-state index contributed by atoms with van der Waals surface area (Å²) in [7, 11) is 0. The third-order valence-electron chi connectivity index (χ3n) is 2.67. The van der Waals surface area contributed by atoms with Crippen LogP contribution in [0.25, 0.3) is 11.0 Å². The molecule has 0 saturated heterocycles. The highest BCUT2D eigenvalue weighted by Crippen LogP contribution is 2.26. The maximum absolute atomic E-state index is 11.0. The number of hydrogen-bond donors (Lipinski definition) is 1. The average molecular weight is 218 g/mol. The number of carboxylic acids is 1. The van der Waals surface area contributed by atoms with Crippen molar-refractivity contribution in [3.63, 3.8) is 0 Å². The first-order valence-electron chi connectivity index (χ1n) is 5.20. The first-order chi connectivity index (χ1) is 7.49. The van der Waals surface area contributed by atoms with Crippen molar-refractivity contribution in [1.29, 1.82) is 0 Å². The number of rotatable bonds is 3. The van der Waals surface area contributed by atoms with Crippen molar-refractivity contribution in [2.45, 2.75) is 20.3 Å². The molecule has 16 heavy (non-hydrogen) atoms. The van der Waals surface area contributed by atoms with E-state index in [1.165, 1.54) is 0 Å². The minimum Gasteiger partial charge on any atom is -0.481 e. The van der Waals surface area contributed by atoms with Crippen molar-refractivity contribution in [2.75, 3.05) is 0 Å². The molecule has 0 amide bonds. The normalized spacial score (nSPS) is 11.9. The Kier molecular flexibility index (Phi) is 2.46. The lowest BCUT2D eigenvalue weighted by Gasteiger charge is -2.16. The molecule has 0 radical (unpaired) electrons. The van der Waals surface area contributed by atoms with E-state index < -0.39 is 11.4 Å². The highest BCUT2D eigenvalue weighted by molar-refractivity contribution is 5.78. The smallest absolute Gasteiger partial charge is 0.309 e. The number of aliphatic carboxylic acids is 1. The third kappa shape index (κ3) is 1.94. The second-order valence-corrected chi connectivity index (χ2v) is 4.62. The number of para-hydroxylation sites is 1. The van der Waals surface area contributed by atoms with Gasteiger partial charge in [0.25, 0.3) is 0 Å². The molecule has 2 aromatic rings. The maximum atomic E-state index is 11.0. The van der Waals surface area contributed by atoms with E-state index in [1.54, 1.807) is 13.8 Å². The van der Waals surface area contributed by atoms with Crippen LogP contribution in [0, 0.1) is 5.41 Å². The van der Waals surface area contributed by atoms with Crippen LogP contribution in [0.3, 0.4) is 0 Å². The number of hydrogen-bond acceptors (Lipinski definition) is 2. The second-order valence-electron chi connectivity index (χ2n) is 4.62. The first-order valence-corrected chi connectivity index (χ1v) is 5.20. The van der Waals surface area contributed by atoms with Crippen LogP contribution in [0.2, 0.25) is 0 Å². The zero-order valence-corrected chi connectivity index (χ0v) is 9.36. The molecule has 0 aliphatic rings. The molecule has 0 unspecified atom stereocenters. The Labute approximate surface area is 93.7 Å². The van der Waals surface area contributed by atoms with Gasteiger partial charge in [-0.1, -0.05) is 18.2 Å². The maximum Gasteiger partial charge on any atom is 0.309 e. The van der Waals surface area contributed by atoms with Gasteiger partial charge in [0, 0.05) is 11.8 Å². The van der Waals surface area contributed by atoms with Crippen molar-refractivity contribution in [1.82, 2.24) is 0 Å². The van der Waals surface area contributed by atoms with Crippen LogP contribution in [-0.2, 0) is 11.2 Å².